The molecule has 3 aromatic rings. The molecule has 0 spiro atoms. The largest absolute Gasteiger partial charge is 0.350 e. The Morgan fingerprint density at radius 3 is 3.04 bits per heavy atom. The van der Waals surface area contributed by atoms with Crippen LogP contribution in [0.1, 0.15) is 25.0 Å². The van der Waals surface area contributed by atoms with E-state index in [1.807, 2.05) is 12.1 Å². The maximum atomic E-state index is 13.2. The number of nitrogens with zero attached hydrogens (tertiary/aromatic N) is 4. The number of rotatable bonds is 3. The van der Waals surface area contributed by atoms with Crippen molar-refractivity contribution >= 4 is 27.5 Å². The Labute approximate surface area is 146 Å². The van der Waals surface area contributed by atoms with Crippen LogP contribution >= 0.6 is 15.9 Å². The van der Waals surface area contributed by atoms with Gasteiger partial charge in [-0.25, -0.2) is 8.91 Å². The zero-order valence-electron chi connectivity index (χ0n) is 12.8. The first-order valence-corrected chi connectivity index (χ1v) is 8.51. The molecule has 6 nitrogen and oxygen atoms in total. The van der Waals surface area contributed by atoms with Gasteiger partial charge in [0, 0.05) is 29.0 Å². The molecule has 0 aromatic carbocycles. The first kappa shape index (κ1) is 15.5. The third-order valence-electron chi connectivity index (χ3n) is 4.42. The van der Waals surface area contributed by atoms with Crippen LogP contribution in [0.4, 0.5) is 10.3 Å². The first-order valence-electron chi connectivity index (χ1n) is 7.71. The highest BCUT2D eigenvalue weighted by Crippen LogP contribution is 2.36. The molecule has 0 amide bonds. The summed E-state index contributed by atoms with van der Waals surface area (Å²) in [6.45, 7) is 0. The topological polar surface area (TPSA) is 81.1 Å². The van der Waals surface area contributed by atoms with Gasteiger partial charge >= 0.3 is 0 Å². The first-order chi connectivity index (χ1) is 11.5. The summed E-state index contributed by atoms with van der Waals surface area (Å²) in [6.07, 6.45) is 5.80. The molecule has 24 heavy (non-hydrogen) atoms. The van der Waals surface area contributed by atoms with Crippen LogP contribution in [-0.2, 0) is 5.54 Å². The van der Waals surface area contributed by atoms with Gasteiger partial charge in [-0.3, -0.25) is 4.98 Å². The lowest BCUT2D eigenvalue weighted by molar-refractivity contribution is 0.442. The monoisotopic (exact) mass is 390 g/mol. The van der Waals surface area contributed by atoms with Gasteiger partial charge in [0.25, 0.3) is 0 Å². The van der Waals surface area contributed by atoms with E-state index in [-0.39, 0.29) is 11.9 Å². The number of halogens is 2. The molecule has 0 aliphatic heterocycles. The van der Waals surface area contributed by atoms with Crippen LogP contribution in [0.5, 0.6) is 0 Å². The summed E-state index contributed by atoms with van der Waals surface area (Å²) in [6, 6.07) is 6.77. The summed E-state index contributed by atoms with van der Waals surface area (Å²) in [7, 11) is 0. The van der Waals surface area contributed by atoms with Crippen molar-refractivity contribution in [1.82, 2.24) is 19.6 Å². The number of nitrogens with two attached hydrogens (primary N) is 1. The summed E-state index contributed by atoms with van der Waals surface area (Å²) in [5, 5.41) is 7.62. The lowest BCUT2D eigenvalue weighted by Gasteiger charge is -2.23. The van der Waals surface area contributed by atoms with Gasteiger partial charge in [-0.2, -0.15) is 4.98 Å². The standard InChI is InChI=1S/C16H16BrFN6/c17-10-1-2-13(20-9-10)16(19)5-3-12(8-16)21-15-22-14-7-11(18)4-6-24(14)23-15/h1-2,4,6-7,9,12H,3,5,8,19H2,(H,21,23). The van der Waals surface area contributed by atoms with Gasteiger partial charge in [0.05, 0.1) is 11.2 Å². The van der Waals surface area contributed by atoms with Crippen molar-refractivity contribution < 1.29 is 4.39 Å². The molecule has 2 atom stereocenters. The molecule has 0 saturated heterocycles. The summed E-state index contributed by atoms with van der Waals surface area (Å²) < 4.78 is 15.7. The van der Waals surface area contributed by atoms with Crippen molar-refractivity contribution in [2.45, 2.75) is 30.8 Å². The van der Waals surface area contributed by atoms with Crippen LogP contribution < -0.4 is 11.1 Å². The highest BCUT2D eigenvalue weighted by Gasteiger charge is 2.38. The SMILES string of the molecule is NC1(c2ccc(Br)cn2)CCC(Nc2nc3cc(F)ccn3n2)C1. The molecule has 8 heteroatoms. The summed E-state index contributed by atoms with van der Waals surface area (Å²) in [5.41, 5.74) is 7.47. The van der Waals surface area contributed by atoms with E-state index in [0.717, 1.165) is 29.4 Å². The van der Waals surface area contributed by atoms with Gasteiger partial charge in [-0.15, -0.1) is 5.10 Å². The van der Waals surface area contributed by atoms with Gasteiger partial charge in [0.2, 0.25) is 5.95 Å². The van der Waals surface area contributed by atoms with Gasteiger partial charge < -0.3 is 11.1 Å². The number of pyridine rings is 2. The van der Waals surface area contributed by atoms with Crippen molar-refractivity contribution in [1.29, 1.82) is 0 Å². The average Bonchev–Trinajstić information content (AvgIpc) is 3.11. The molecular formula is C16H16BrFN6. The molecule has 0 bridgehead atoms. The second-order valence-electron chi connectivity index (χ2n) is 6.18. The molecule has 1 aliphatic rings. The van der Waals surface area contributed by atoms with Gasteiger partial charge in [0.1, 0.15) is 5.82 Å². The van der Waals surface area contributed by atoms with Crippen LogP contribution in [0.3, 0.4) is 0 Å². The number of aromatic nitrogens is 4. The van der Waals surface area contributed by atoms with E-state index in [2.05, 4.69) is 36.3 Å². The number of hydrogen-bond acceptors (Lipinski definition) is 5. The summed E-state index contributed by atoms with van der Waals surface area (Å²) in [5.74, 6) is 0.156. The predicted octanol–water partition coefficient (Wildman–Crippen LogP) is 2.84. The Morgan fingerprint density at radius 1 is 1.38 bits per heavy atom. The molecule has 3 heterocycles. The molecule has 0 radical (unpaired) electrons. The lowest BCUT2D eigenvalue weighted by atomic mass is 9.94. The van der Waals surface area contributed by atoms with Crippen LogP contribution in [0.2, 0.25) is 0 Å². The van der Waals surface area contributed by atoms with E-state index in [1.165, 1.54) is 12.1 Å². The average molecular weight is 391 g/mol. The molecule has 1 saturated carbocycles. The molecule has 124 valence electrons. The fourth-order valence-corrected chi connectivity index (χ4v) is 3.44. The van der Waals surface area contributed by atoms with E-state index in [4.69, 9.17) is 5.73 Å². The fourth-order valence-electron chi connectivity index (χ4n) is 3.20. The molecule has 3 aromatic heterocycles. The Bertz CT molecular complexity index is 880. The highest BCUT2D eigenvalue weighted by molar-refractivity contribution is 9.10. The minimum Gasteiger partial charge on any atom is -0.350 e. The molecule has 2 unspecified atom stereocenters. The number of anilines is 1. The zero-order chi connectivity index (χ0) is 16.7. The van der Waals surface area contributed by atoms with Gasteiger partial charge in [-0.1, -0.05) is 0 Å². The highest BCUT2D eigenvalue weighted by atomic mass is 79.9. The van der Waals surface area contributed by atoms with E-state index in [0.29, 0.717) is 11.6 Å². The van der Waals surface area contributed by atoms with Crippen molar-refractivity contribution in [3.8, 4) is 0 Å². The van der Waals surface area contributed by atoms with Crippen molar-refractivity contribution in [3.05, 3.63) is 52.6 Å². The third-order valence-corrected chi connectivity index (χ3v) is 4.89. The van der Waals surface area contributed by atoms with Crippen LogP contribution in [0, 0.1) is 5.82 Å². The van der Waals surface area contributed by atoms with Crippen molar-refractivity contribution in [2.75, 3.05) is 5.32 Å². The normalized spacial score (nSPS) is 23.7. The second-order valence-corrected chi connectivity index (χ2v) is 7.10. The minimum absolute atomic E-state index is 0.155. The molecule has 4 rings (SSSR count). The Morgan fingerprint density at radius 2 is 2.25 bits per heavy atom. The quantitative estimate of drug-likeness (QED) is 0.718. The lowest BCUT2D eigenvalue weighted by Crippen LogP contribution is -2.36. The maximum Gasteiger partial charge on any atom is 0.243 e. The zero-order valence-corrected chi connectivity index (χ0v) is 14.4. The van der Waals surface area contributed by atoms with Gasteiger partial charge in [-0.05, 0) is 53.4 Å². The predicted molar refractivity (Wildman–Crippen MR) is 92.0 cm³/mol. The van der Waals surface area contributed by atoms with Crippen LogP contribution in [-0.4, -0.2) is 25.6 Å². The Kier molecular flexibility index (Phi) is 3.73. The number of nitrogens with one attached hydrogen (secondary N) is 1. The number of fused-ring (bicyclic) bond motifs is 1. The molecule has 3 N–H and O–H groups in total. The maximum absolute atomic E-state index is 13.2. The number of hydrogen-bond donors (Lipinski definition) is 2. The molecule has 1 aliphatic carbocycles. The van der Waals surface area contributed by atoms with E-state index >= 15 is 0 Å². The third kappa shape index (κ3) is 2.87. The van der Waals surface area contributed by atoms with Crippen molar-refractivity contribution in [2.24, 2.45) is 5.73 Å². The smallest absolute Gasteiger partial charge is 0.243 e. The van der Waals surface area contributed by atoms with E-state index < -0.39 is 5.54 Å². The van der Waals surface area contributed by atoms with Gasteiger partial charge in [0.15, 0.2) is 5.65 Å². The minimum atomic E-state index is -0.455. The van der Waals surface area contributed by atoms with E-state index in [1.54, 1.807) is 16.9 Å². The summed E-state index contributed by atoms with van der Waals surface area (Å²) in [4.78, 5) is 8.75. The fraction of sp³-hybridized carbons (Fsp3) is 0.312. The molecule has 1 fully saturated rings. The summed E-state index contributed by atoms with van der Waals surface area (Å²) >= 11 is 3.39. The second kappa shape index (κ2) is 5.78. The Hall–Kier alpha value is -2.06. The van der Waals surface area contributed by atoms with Crippen molar-refractivity contribution in [3.63, 3.8) is 0 Å². The van der Waals surface area contributed by atoms with Crippen LogP contribution in [0.15, 0.2) is 41.1 Å². The van der Waals surface area contributed by atoms with Crippen LogP contribution in [0.25, 0.3) is 5.65 Å². The molecular weight excluding hydrogens is 375 g/mol. The van der Waals surface area contributed by atoms with E-state index in [9.17, 15) is 4.39 Å². The Balaban J connectivity index is 1.50.